The second-order valence-electron chi connectivity index (χ2n) is 5.28. The van der Waals surface area contributed by atoms with Crippen molar-refractivity contribution in [1.82, 2.24) is 20.2 Å². The third-order valence-corrected chi connectivity index (χ3v) is 4.01. The molecule has 0 saturated carbocycles. The molecule has 2 amide bonds. The van der Waals surface area contributed by atoms with Crippen molar-refractivity contribution in [1.29, 1.82) is 0 Å². The molecule has 0 spiro atoms. The topological polar surface area (TPSA) is 75.2 Å². The largest absolute Gasteiger partial charge is 0.347 e. The monoisotopic (exact) mass is 330 g/mol. The first-order valence-electron chi connectivity index (χ1n) is 7.26. The number of pyridine rings is 2. The van der Waals surface area contributed by atoms with Gasteiger partial charge in [0, 0.05) is 37.7 Å². The van der Waals surface area contributed by atoms with Crippen molar-refractivity contribution in [2.45, 2.75) is 12.5 Å². The van der Waals surface area contributed by atoms with Gasteiger partial charge in [-0.25, -0.2) is 0 Å². The molecule has 7 heteroatoms. The van der Waals surface area contributed by atoms with E-state index in [1.54, 1.807) is 35.4 Å². The van der Waals surface area contributed by atoms with E-state index in [2.05, 4.69) is 15.3 Å². The molecule has 1 aliphatic heterocycles. The van der Waals surface area contributed by atoms with Crippen LogP contribution in [0.1, 0.15) is 27.3 Å². The van der Waals surface area contributed by atoms with Crippen molar-refractivity contribution in [2.75, 3.05) is 13.1 Å². The quantitative estimate of drug-likeness (QED) is 0.930. The number of rotatable bonds is 3. The second kappa shape index (κ2) is 6.75. The Morgan fingerprint density at radius 2 is 2.13 bits per heavy atom. The third kappa shape index (κ3) is 3.48. The first kappa shape index (κ1) is 15.4. The molecular formula is C16H15ClN4O2. The molecule has 1 aliphatic rings. The summed E-state index contributed by atoms with van der Waals surface area (Å²) in [5.41, 5.74) is 0.799. The van der Waals surface area contributed by atoms with Gasteiger partial charge in [0.1, 0.15) is 5.69 Å². The zero-order valence-corrected chi connectivity index (χ0v) is 13.0. The first-order valence-corrected chi connectivity index (χ1v) is 7.63. The third-order valence-electron chi connectivity index (χ3n) is 3.71. The number of amides is 2. The highest BCUT2D eigenvalue weighted by molar-refractivity contribution is 6.33. The Bertz CT molecular complexity index is 723. The molecule has 0 bridgehead atoms. The number of hydrogen-bond donors (Lipinski definition) is 1. The van der Waals surface area contributed by atoms with Crippen LogP contribution in [-0.4, -0.2) is 45.8 Å². The lowest BCUT2D eigenvalue weighted by Gasteiger charge is -2.17. The minimum Gasteiger partial charge on any atom is -0.347 e. The van der Waals surface area contributed by atoms with Gasteiger partial charge in [-0.3, -0.25) is 19.6 Å². The molecule has 1 saturated heterocycles. The lowest BCUT2D eigenvalue weighted by atomic mass is 10.2. The van der Waals surface area contributed by atoms with E-state index in [1.165, 1.54) is 12.4 Å². The van der Waals surface area contributed by atoms with Crippen LogP contribution in [0.3, 0.4) is 0 Å². The molecule has 1 N–H and O–H groups in total. The normalized spacial score (nSPS) is 17.1. The number of hydrogen-bond acceptors (Lipinski definition) is 4. The Hall–Kier alpha value is -2.47. The summed E-state index contributed by atoms with van der Waals surface area (Å²) in [5, 5.41) is 3.22. The summed E-state index contributed by atoms with van der Waals surface area (Å²) in [4.78, 5) is 34.2. The zero-order valence-electron chi connectivity index (χ0n) is 12.3. The fraction of sp³-hybridized carbons (Fsp3) is 0.250. The van der Waals surface area contributed by atoms with Gasteiger partial charge in [0.15, 0.2) is 0 Å². The maximum absolute atomic E-state index is 12.3. The molecular weight excluding hydrogens is 316 g/mol. The number of carbonyl (C=O) groups is 2. The highest BCUT2D eigenvalue weighted by Gasteiger charge is 2.29. The lowest BCUT2D eigenvalue weighted by Crippen LogP contribution is -2.38. The van der Waals surface area contributed by atoms with Crippen molar-refractivity contribution in [2.24, 2.45) is 0 Å². The van der Waals surface area contributed by atoms with Crippen LogP contribution >= 0.6 is 11.6 Å². The molecule has 118 valence electrons. The molecule has 1 unspecified atom stereocenters. The number of likely N-dealkylation sites (tertiary alicyclic amines) is 1. The van der Waals surface area contributed by atoms with Gasteiger partial charge in [-0.1, -0.05) is 17.7 Å². The van der Waals surface area contributed by atoms with Crippen LogP contribution in [0.5, 0.6) is 0 Å². The van der Waals surface area contributed by atoms with E-state index in [-0.39, 0.29) is 17.9 Å². The van der Waals surface area contributed by atoms with E-state index in [0.717, 1.165) is 0 Å². The van der Waals surface area contributed by atoms with Gasteiger partial charge in [-0.15, -0.1) is 0 Å². The Morgan fingerprint density at radius 3 is 2.87 bits per heavy atom. The van der Waals surface area contributed by atoms with Gasteiger partial charge in [0.25, 0.3) is 11.8 Å². The van der Waals surface area contributed by atoms with Crippen LogP contribution in [0.4, 0.5) is 0 Å². The van der Waals surface area contributed by atoms with Gasteiger partial charge in [0.2, 0.25) is 0 Å². The predicted molar refractivity (Wildman–Crippen MR) is 85.3 cm³/mol. The summed E-state index contributed by atoms with van der Waals surface area (Å²) in [6.45, 7) is 1.05. The molecule has 2 aromatic rings. The maximum Gasteiger partial charge on any atom is 0.272 e. The number of carbonyl (C=O) groups excluding carboxylic acids is 2. The Kier molecular flexibility index (Phi) is 4.52. The van der Waals surface area contributed by atoms with Crippen LogP contribution in [0.2, 0.25) is 5.02 Å². The van der Waals surface area contributed by atoms with E-state index in [4.69, 9.17) is 11.6 Å². The molecule has 0 radical (unpaired) electrons. The van der Waals surface area contributed by atoms with Gasteiger partial charge in [-0.05, 0) is 24.6 Å². The van der Waals surface area contributed by atoms with Crippen molar-refractivity contribution >= 4 is 23.4 Å². The van der Waals surface area contributed by atoms with E-state index >= 15 is 0 Å². The summed E-state index contributed by atoms with van der Waals surface area (Å²) < 4.78 is 0. The predicted octanol–water partition coefficient (Wildman–Crippen LogP) is 1.77. The number of halogens is 1. The minimum atomic E-state index is -0.255. The molecule has 6 nitrogen and oxygen atoms in total. The molecule has 3 heterocycles. The molecule has 0 aromatic carbocycles. The summed E-state index contributed by atoms with van der Waals surface area (Å²) in [6, 6.07) is 6.71. The molecule has 23 heavy (non-hydrogen) atoms. The number of nitrogens with zero attached hydrogens (tertiary/aromatic N) is 3. The molecule has 0 aliphatic carbocycles. The Morgan fingerprint density at radius 1 is 1.26 bits per heavy atom. The van der Waals surface area contributed by atoms with Gasteiger partial charge >= 0.3 is 0 Å². The average molecular weight is 331 g/mol. The molecule has 1 fully saturated rings. The smallest absolute Gasteiger partial charge is 0.272 e. The average Bonchev–Trinajstić information content (AvgIpc) is 3.03. The minimum absolute atomic E-state index is 0.0978. The summed E-state index contributed by atoms with van der Waals surface area (Å²) in [6.07, 6.45) is 5.25. The van der Waals surface area contributed by atoms with Gasteiger partial charge in [0.05, 0.1) is 10.6 Å². The Labute approximate surface area is 138 Å². The number of aromatic nitrogens is 2. The standard InChI is InChI=1S/C16H15ClN4O2/c17-13-9-18-7-4-12(13)15(22)20-11-5-8-21(10-11)16(23)14-3-1-2-6-19-14/h1-4,6-7,9,11H,5,8,10H2,(H,20,22). The van der Waals surface area contributed by atoms with Crippen LogP contribution in [0.25, 0.3) is 0 Å². The number of nitrogens with one attached hydrogen (secondary N) is 1. The fourth-order valence-electron chi connectivity index (χ4n) is 2.54. The fourth-order valence-corrected chi connectivity index (χ4v) is 2.74. The van der Waals surface area contributed by atoms with Crippen molar-refractivity contribution in [3.05, 3.63) is 59.1 Å². The van der Waals surface area contributed by atoms with Crippen molar-refractivity contribution < 1.29 is 9.59 Å². The van der Waals surface area contributed by atoms with Crippen LogP contribution < -0.4 is 5.32 Å². The summed E-state index contributed by atoms with van der Waals surface area (Å²) in [7, 11) is 0. The molecule has 2 aromatic heterocycles. The highest BCUT2D eigenvalue weighted by Crippen LogP contribution is 2.16. The summed E-state index contributed by atoms with van der Waals surface area (Å²) in [5.74, 6) is -0.376. The molecule has 1 atom stereocenters. The van der Waals surface area contributed by atoms with Gasteiger partial charge < -0.3 is 10.2 Å². The van der Waals surface area contributed by atoms with Crippen LogP contribution in [-0.2, 0) is 0 Å². The lowest BCUT2D eigenvalue weighted by molar-refractivity contribution is 0.0777. The van der Waals surface area contributed by atoms with Crippen LogP contribution in [0, 0.1) is 0 Å². The molecule has 3 rings (SSSR count). The van der Waals surface area contributed by atoms with E-state index < -0.39 is 0 Å². The van der Waals surface area contributed by atoms with E-state index in [0.29, 0.717) is 35.8 Å². The Balaban J connectivity index is 1.61. The summed E-state index contributed by atoms with van der Waals surface area (Å²) >= 11 is 5.97. The highest BCUT2D eigenvalue weighted by atomic mass is 35.5. The van der Waals surface area contributed by atoms with Crippen LogP contribution in [0.15, 0.2) is 42.9 Å². The van der Waals surface area contributed by atoms with Gasteiger partial charge in [-0.2, -0.15) is 0 Å². The first-order chi connectivity index (χ1) is 11.1. The SMILES string of the molecule is O=C(NC1CCN(C(=O)c2ccccn2)C1)c1ccncc1Cl. The maximum atomic E-state index is 12.3. The van der Waals surface area contributed by atoms with E-state index in [9.17, 15) is 9.59 Å². The van der Waals surface area contributed by atoms with E-state index in [1.807, 2.05) is 0 Å². The second-order valence-corrected chi connectivity index (χ2v) is 5.69. The van der Waals surface area contributed by atoms with Crippen molar-refractivity contribution in [3.63, 3.8) is 0 Å². The van der Waals surface area contributed by atoms with Crippen molar-refractivity contribution in [3.8, 4) is 0 Å². The zero-order chi connectivity index (χ0) is 16.2.